The summed E-state index contributed by atoms with van der Waals surface area (Å²) in [6.45, 7) is 1.53. The zero-order valence-electron chi connectivity index (χ0n) is 15.2. The van der Waals surface area contributed by atoms with E-state index in [9.17, 15) is 0 Å². The van der Waals surface area contributed by atoms with Crippen LogP contribution in [0.2, 0.25) is 10.0 Å². The lowest BCUT2D eigenvalue weighted by molar-refractivity contribution is 0.280. The number of methoxy groups -OCH3 is 1. The van der Waals surface area contributed by atoms with E-state index in [0.717, 1.165) is 21.3 Å². The van der Waals surface area contributed by atoms with Crippen LogP contribution in [0.5, 0.6) is 11.5 Å². The number of nitrogens with zero attached hydrogens (tertiary/aromatic N) is 1. The van der Waals surface area contributed by atoms with E-state index in [2.05, 4.69) is 26.2 Å². The maximum Gasteiger partial charge on any atom is 0.167 e. The normalized spacial score (nSPS) is 10.7. The van der Waals surface area contributed by atoms with Crippen molar-refractivity contribution >= 4 is 39.1 Å². The van der Waals surface area contributed by atoms with Gasteiger partial charge in [0.15, 0.2) is 11.5 Å². The molecule has 0 aliphatic carbocycles. The average Bonchev–Trinajstić information content (AvgIpc) is 2.70. The van der Waals surface area contributed by atoms with E-state index in [0.29, 0.717) is 41.2 Å². The number of halogens is 3. The van der Waals surface area contributed by atoms with Crippen molar-refractivity contribution in [2.24, 2.45) is 0 Å². The van der Waals surface area contributed by atoms with Gasteiger partial charge in [-0.15, -0.1) is 0 Å². The summed E-state index contributed by atoms with van der Waals surface area (Å²) in [5, 5.41) is 4.55. The molecule has 0 radical (unpaired) electrons. The molecule has 0 atom stereocenters. The summed E-state index contributed by atoms with van der Waals surface area (Å²) < 4.78 is 12.5. The first-order valence-electron chi connectivity index (χ1n) is 8.61. The highest BCUT2D eigenvalue weighted by molar-refractivity contribution is 9.10. The Morgan fingerprint density at radius 1 is 1.07 bits per heavy atom. The van der Waals surface area contributed by atoms with Crippen LogP contribution in [0, 0.1) is 0 Å². The maximum atomic E-state index is 6.27. The quantitative estimate of drug-likeness (QED) is 0.426. The predicted octanol–water partition coefficient (Wildman–Crippen LogP) is 6.03. The summed E-state index contributed by atoms with van der Waals surface area (Å²) in [6, 6.07) is 15.0. The SMILES string of the molecule is COc1ccc(Br)c(CNCc2ccccn2)c1OCc1ccc(Cl)cc1Cl. The molecule has 2 aromatic carbocycles. The minimum Gasteiger partial charge on any atom is -0.493 e. The number of hydrogen-bond donors (Lipinski definition) is 1. The Morgan fingerprint density at radius 3 is 2.64 bits per heavy atom. The molecule has 0 saturated heterocycles. The standard InChI is InChI=1S/C21H19BrCl2N2O2/c1-27-20-8-7-18(22)17(12-25-11-16-4-2-3-9-26-16)21(20)28-13-14-5-6-15(23)10-19(14)24/h2-10,25H,11-13H2,1H3. The third-order valence-electron chi connectivity index (χ3n) is 4.11. The van der Waals surface area contributed by atoms with Crippen molar-refractivity contribution < 1.29 is 9.47 Å². The van der Waals surface area contributed by atoms with E-state index in [4.69, 9.17) is 32.7 Å². The largest absolute Gasteiger partial charge is 0.493 e. The number of benzene rings is 2. The van der Waals surface area contributed by atoms with Gasteiger partial charge in [-0.1, -0.05) is 51.3 Å². The van der Waals surface area contributed by atoms with Crippen molar-refractivity contribution in [3.8, 4) is 11.5 Å². The van der Waals surface area contributed by atoms with E-state index >= 15 is 0 Å². The van der Waals surface area contributed by atoms with Crippen LogP contribution in [-0.4, -0.2) is 12.1 Å². The van der Waals surface area contributed by atoms with Gasteiger partial charge in [-0.3, -0.25) is 4.98 Å². The van der Waals surface area contributed by atoms with E-state index in [1.807, 2.05) is 36.4 Å². The van der Waals surface area contributed by atoms with Gasteiger partial charge in [0.05, 0.1) is 12.8 Å². The second-order valence-electron chi connectivity index (χ2n) is 6.01. The minimum atomic E-state index is 0.302. The van der Waals surface area contributed by atoms with Crippen molar-refractivity contribution in [3.63, 3.8) is 0 Å². The van der Waals surface area contributed by atoms with Crippen LogP contribution in [0.3, 0.4) is 0 Å². The number of nitrogens with one attached hydrogen (secondary N) is 1. The Labute approximate surface area is 182 Å². The minimum absolute atomic E-state index is 0.302. The maximum absolute atomic E-state index is 6.27. The summed E-state index contributed by atoms with van der Waals surface area (Å²) in [5.74, 6) is 1.32. The number of aromatic nitrogens is 1. The van der Waals surface area contributed by atoms with Crippen LogP contribution < -0.4 is 14.8 Å². The fraction of sp³-hybridized carbons (Fsp3) is 0.190. The fourth-order valence-electron chi connectivity index (χ4n) is 2.67. The van der Waals surface area contributed by atoms with Gasteiger partial charge < -0.3 is 14.8 Å². The molecule has 1 aromatic heterocycles. The van der Waals surface area contributed by atoms with Crippen LogP contribution in [0.1, 0.15) is 16.8 Å². The second kappa shape index (κ2) is 10.1. The van der Waals surface area contributed by atoms with E-state index < -0.39 is 0 Å². The molecular formula is C21H19BrCl2N2O2. The third kappa shape index (κ3) is 5.39. The monoisotopic (exact) mass is 480 g/mol. The lowest BCUT2D eigenvalue weighted by Crippen LogP contribution is -2.15. The summed E-state index contributed by atoms with van der Waals surface area (Å²) in [4.78, 5) is 4.33. The van der Waals surface area contributed by atoms with Crippen LogP contribution in [0.15, 0.2) is 59.2 Å². The van der Waals surface area contributed by atoms with Crippen molar-refractivity contribution in [1.29, 1.82) is 0 Å². The molecule has 0 amide bonds. The number of pyridine rings is 1. The fourth-order valence-corrected chi connectivity index (χ4v) is 3.59. The molecule has 0 aliphatic rings. The van der Waals surface area contributed by atoms with Gasteiger partial charge >= 0.3 is 0 Å². The number of ether oxygens (including phenoxy) is 2. The zero-order valence-corrected chi connectivity index (χ0v) is 18.3. The summed E-state index contributed by atoms with van der Waals surface area (Å²) >= 11 is 15.9. The highest BCUT2D eigenvalue weighted by Gasteiger charge is 2.15. The molecule has 0 aliphatic heterocycles. The Kier molecular flexibility index (Phi) is 7.57. The van der Waals surface area contributed by atoms with Crippen LogP contribution in [0.4, 0.5) is 0 Å². The molecule has 1 heterocycles. The summed E-state index contributed by atoms with van der Waals surface area (Å²) in [6.07, 6.45) is 1.78. The third-order valence-corrected chi connectivity index (χ3v) is 5.44. The summed E-state index contributed by atoms with van der Waals surface area (Å²) in [5.41, 5.74) is 2.78. The van der Waals surface area contributed by atoms with Crippen LogP contribution >= 0.6 is 39.1 Å². The smallest absolute Gasteiger partial charge is 0.167 e. The molecule has 0 saturated carbocycles. The molecule has 0 bridgehead atoms. The molecule has 28 heavy (non-hydrogen) atoms. The molecular weight excluding hydrogens is 463 g/mol. The number of hydrogen-bond acceptors (Lipinski definition) is 4. The van der Waals surface area contributed by atoms with Gasteiger partial charge in [0.2, 0.25) is 0 Å². The molecule has 1 N–H and O–H groups in total. The Hall–Kier alpha value is -1.79. The average molecular weight is 482 g/mol. The molecule has 7 heteroatoms. The predicted molar refractivity (Wildman–Crippen MR) is 116 cm³/mol. The van der Waals surface area contributed by atoms with Gasteiger partial charge in [-0.2, -0.15) is 0 Å². The topological polar surface area (TPSA) is 43.4 Å². The molecule has 3 rings (SSSR count). The van der Waals surface area contributed by atoms with Crippen molar-refractivity contribution in [2.45, 2.75) is 19.7 Å². The van der Waals surface area contributed by atoms with Gasteiger partial charge in [-0.05, 0) is 36.4 Å². The molecule has 0 unspecified atom stereocenters. The van der Waals surface area contributed by atoms with Gasteiger partial charge in [0.25, 0.3) is 0 Å². The first-order valence-corrected chi connectivity index (χ1v) is 10.2. The Balaban J connectivity index is 1.77. The van der Waals surface area contributed by atoms with Gasteiger partial charge in [-0.25, -0.2) is 0 Å². The lowest BCUT2D eigenvalue weighted by atomic mass is 10.1. The molecule has 3 aromatic rings. The summed E-state index contributed by atoms with van der Waals surface area (Å²) in [7, 11) is 1.62. The first kappa shape index (κ1) is 20.9. The zero-order chi connectivity index (χ0) is 19.9. The van der Waals surface area contributed by atoms with Crippen LogP contribution in [0.25, 0.3) is 0 Å². The van der Waals surface area contributed by atoms with E-state index in [1.54, 1.807) is 25.4 Å². The first-order chi connectivity index (χ1) is 13.6. The van der Waals surface area contributed by atoms with Gasteiger partial charge in [0.1, 0.15) is 6.61 Å². The highest BCUT2D eigenvalue weighted by atomic mass is 79.9. The highest BCUT2D eigenvalue weighted by Crippen LogP contribution is 2.37. The Morgan fingerprint density at radius 2 is 1.93 bits per heavy atom. The molecule has 0 spiro atoms. The van der Waals surface area contributed by atoms with E-state index in [-0.39, 0.29) is 0 Å². The lowest BCUT2D eigenvalue weighted by Gasteiger charge is -2.17. The Bertz CT molecular complexity index is 939. The van der Waals surface area contributed by atoms with Crippen molar-refractivity contribution in [1.82, 2.24) is 10.3 Å². The molecule has 4 nitrogen and oxygen atoms in total. The van der Waals surface area contributed by atoms with E-state index in [1.165, 1.54) is 0 Å². The second-order valence-corrected chi connectivity index (χ2v) is 7.70. The molecule has 0 fully saturated rings. The van der Waals surface area contributed by atoms with Crippen LogP contribution in [-0.2, 0) is 19.7 Å². The van der Waals surface area contributed by atoms with Gasteiger partial charge in [0, 0.05) is 44.9 Å². The molecule has 146 valence electrons. The number of rotatable bonds is 8. The van der Waals surface area contributed by atoms with Crippen molar-refractivity contribution in [3.05, 3.63) is 86.1 Å². The van der Waals surface area contributed by atoms with Crippen molar-refractivity contribution in [2.75, 3.05) is 7.11 Å².